The Kier molecular flexibility index (Phi) is 1.41. The highest BCUT2D eigenvalue weighted by Gasteiger charge is 2.33. The number of hydrogen-bond acceptors (Lipinski definition) is 4. The lowest BCUT2D eigenvalue weighted by molar-refractivity contribution is 0.227. The van der Waals surface area contributed by atoms with Crippen molar-refractivity contribution in [2.24, 2.45) is 0 Å². The molecule has 2 aliphatic rings. The van der Waals surface area contributed by atoms with Crippen molar-refractivity contribution >= 4 is 5.82 Å². The molecular weight excluding hydrogens is 166 g/mol. The van der Waals surface area contributed by atoms with Gasteiger partial charge in [-0.25, -0.2) is 0 Å². The predicted molar refractivity (Wildman–Crippen MR) is 48.1 cm³/mol. The van der Waals surface area contributed by atoms with Gasteiger partial charge in [-0.2, -0.15) is 0 Å². The topological polar surface area (TPSA) is 55.3 Å². The third-order valence-corrected chi connectivity index (χ3v) is 2.95. The number of aromatic nitrogens is 1. The van der Waals surface area contributed by atoms with Gasteiger partial charge in [0.15, 0.2) is 5.82 Å². The number of nitrogens with two attached hydrogens (primary N) is 1. The van der Waals surface area contributed by atoms with Crippen LogP contribution in [0.25, 0.3) is 0 Å². The molecule has 4 nitrogen and oxygen atoms in total. The van der Waals surface area contributed by atoms with Crippen LogP contribution in [0.2, 0.25) is 0 Å². The third-order valence-electron chi connectivity index (χ3n) is 2.95. The van der Waals surface area contributed by atoms with Gasteiger partial charge in [-0.05, 0) is 12.8 Å². The van der Waals surface area contributed by atoms with Gasteiger partial charge in [0.1, 0.15) is 5.76 Å². The molecule has 0 atom stereocenters. The molecule has 1 aromatic rings. The summed E-state index contributed by atoms with van der Waals surface area (Å²) < 4.78 is 5.13. The van der Waals surface area contributed by atoms with E-state index in [4.69, 9.17) is 10.3 Å². The van der Waals surface area contributed by atoms with Crippen molar-refractivity contribution in [2.75, 3.05) is 12.3 Å². The first-order chi connectivity index (χ1) is 6.34. The van der Waals surface area contributed by atoms with E-state index in [-0.39, 0.29) is 0 Å². The van der Waals surface area contributed by atoms with Crippen molar-refractivity contribution in [1.82, 2.24) is 10.1 Å². The molecule has 0 saturated heterocycles. The average molecular weight is 179 g/mol. The summed E-state index contributed by atoms with van der Waals surface area (Å²) in [7, 11) is 0. The molecule has 13 heavy (non-hydrogen) atoms. The first-order valence-corrected chi connectivity index (χ1v) is 4.81. The van der Waals surface area contributed by atoms with E-state index in [2.05, 4.69) is 10.1 Å². The normalized spacial score (nSPS) is 23.1. The second-order valence-corrected chi connectivity index (χ2v) is 3.92. The van der Waals surface area contributed by atoms with E-state index in [1.165, 1.54) is 12.8 Å². The number of hydrogen-bond donors (Lipinski definition) is 1. The fourth-order valence-corrected chi connectivity index (χ4v) is 2.00. The van der Waals surface area contributed by atoms with E-state index < -0.39 is 0 Å². The highest BCUT2D eigenvalue weighted by Crippen LogP contribution is 2.33. The van der Waals surface area contributed by atoms with Gasteiger partial charge in [0.2, 0.25) is 0 Å². The van der Waals surface area contributed by atoms with Crippen LogP contribution in [0.5, 0.6) is 0 Å². The molecule has 2 heterocycles. The SMILES string of the molecule is Nc1noc2c1CN(C1CC1)CC2. The van der Waals surface area contributed by atoms with Gasteiger partial charge in [-0.3, -0.25) is 4.90 Å². The average Bonchev–Trinajstić information content (AvgIpc) is 2.93. The van der Waals surface area contributed by atoms with Crippen LogP contribution in [0, 0.1) is 0 Å². The molecule has 1 aliphatic carbocycles. The molecule has 0 unspecified atom stereocenters. The fourth-order valence-electron chi connectivity index (χ4n) is 2.00. The monoisotopic (exact) mass is 179 g/mol. The molecule has 0 spiro atoms. The molecule has 0 radical (unpaired) electrons. The summed E-state index contributed by atoms with van der Waals surface area (Å²) in [6.07, 6.45) is 3.66. The summed E-state index contributed by atoms with van der Waals surface area (Å²) >= 11 is 0. The maximum Gasteiger partial charge on any atom is 0.171 e. The molecule has 3 rings (SSSR count). The lowest BCUT2D eigenvalue weighted by atomic mass is 10.1. The minimum absolute atomic E-state index is 0.584. The second-order valence-electron chi connectivity index (χ2n) is 3.92. The third kappa shape index (κ3) is 1.13. The minimum Gasteiger partial charge on any atom is -0.381 e. The van der Waals surface area contributed by atoms with Crippen LogP contribution in [0.3, 0.4) is 0 Å². The van der Waals surface area contributed by atoms with Gasteiger partial charge < -0.3 is 10.3 Å². The van der Waals surface area contributed by atoms with Crippen molar-refractivity contribution in [3.63, 3.8) is 0 Å². The summed E-state index contributed by atoms with van der Waals surface area (Å²) in [4.78, 5) is 2.48. The van der Waals surface area contributed by atoms with E-state index in [0.717, 1.165) is 36.9 Å². The van der Waals surface area contributed by atoms with Gasteiger partial charge in [0.05, 0.1) is 5.56 Å². The van der Waals surface area contributed by atoms with Crippen molar-refractivity contribution < 1.29 is 4.52 Å². The molecule has 0 bridgehead atoms. The largest absolute Gasteiger partial charge is 0.381 e. The number of anilines is 1. The molecule has 0 aromatic carbocycles. The van der Waals surface area contributed by atoms with Crippen LogP contribution in [0.15, 0.2) is 4.52 Å². The Morgan fingerprint density at radius 1 is 1.46 bits per heavy atom. The summed E-state index contributed by atoms with van der Waals surface area (Å²) in [6.45, 7) is 2.04. The van der Waals surface area contributed by atoms with Gasteiger partial charge in [0.25, 0.3) is 0 Å². The second kappa shape index (κ2) is 2.48. The van der Waals surface area contributed by atoms with Crippen LogP contribution in [-0.4, -0.2) is 22.6 Å². The van der Waals surface area contributed by atoms with Crippen LogP contribution in [0.1, 0.15) is 24.2 Å². The lowest BCUT2D eigenvalue weighted by Gasteiger charge is -2.25. The van der Waals surface area contributed by atoms with E-state index >= 15 is 0 Å². The summed E-state index contributed by atoms with van der Waals surface area (Å²) in [5, 5.41) is 3.79. The van der Waals surface area contributed by atoms with Crippen LogP contribution in [0.4, 0.5) is 5.82 Å². The highest BCUT2D eigenvalue weighted by atomic mass is 16.5. The number of rotatable bonds is 1. The summed E-state index contributed by atoms with van der Waals surface area (Å²) in [6, 6.07) is 0.808. The molecule has 1 saturated carbocycles. The Morgan fingerprint density at radius 3 is 3.08 bits per heavy atom. The number of nitrogens with zero attached hydrogens (tertiary/aromatic N) is 2. The van der Waals surface area contributed by atoms with E-state index in [9.17, 15) is 0 Å². The van der Waals surface area contributed by atoms with Gasteiger partial charge in [0, 0.05) is 25.6 Å². The predicted octanol–water partition coefficient (Wildman–Crippen LogP) is 0.777. The zero-order chi connectivity index (χ0) is 8.84. The Labute approximate surface area is 76.7 Å². The lowest BCUT2D eigenvalue weighted by Crippen LogP contribution is -2.31. The highest BCUT2D eigenvalue weighted by molar-refractivity contribution is 5.41. The maximum atomic E-state index is 5.71. The zero-order valence-corrected chi connectivity index (χ0v) is 7.49. The first-order valence-electron chi connectivity index (χ1n) is 4.81. The Morgan fingerprint density at radius 2 is 2.31 bits per heavy atom. The standard InChI is InChI=1S/C9H13N3O/c10-9-7-5-12(6-1-2-6)4-3-8(7)13-11-9/h6H,1-5H2,(H2,10,11). The molecule has 1 aromatic heterocycles. The van der Waals surface area contributed by atoms with Crippen LogP contribution >= 0.6 is 0 Å². The fraction of sp³-hybridized carbons (Fsp3) is 0.667. The van der Waals surface area contributed by atoms with Crippen molar-refractivity contribution in [1.29, 1.82) is 0 Å². The van der Waals surface area contributed by atoms with Gasteiger partial charge >= 0.3 is 0 Å². The van der Waals surface area contributed by atoms with E-state index in [1.807, 2.05) is 0 Å². The molecular formula is C9H13N3O. The van der Waals surface area contributed by atoms with Gasteiger partial charge in [-0.1, -0.05) is 5.16 Å². The Bertz CT molecular complexity index is 330. The van der Waals surface area contributed by atoms with Crippen molar-refractivity contribution in [3.05, 3.63) is 11.3 Å². The summed E-state index contributed by atoms with van der Waals surface area (Å²) in [5.41, 5.74) is 6.84. The summed E-state index contributed by atoms with van der Waals surface area (Å²) in [5.74, 6) is 1.58. The smallest absolute Gasteiger partial charge is 0.171 e. The molecule has 4 heteroatoms. The van der Waals surface area contributed by atoms with Crippen LogP contribution in [-0.2, 0) is 13.0 Å². The maximum absolute atomic E-state index is 5.71. The Hall–Kier alpha value is -1.03. The van der Waals surface area contributed by atoms with Crippen LogP contribution < -0.4 is 5.73 Å². The van der Waals surface area contributed by atoms with Crippen molar-refractivity contribution in [3.8, 4) is 0 Å². The van der Waals surface area contributed by atoms with Gasteiger partial charge in [-0.15, -0.1) is 0 Å². The van der Waals surface area contributed by atoms with E-state index in [0.29, 0.717) is 5.82 Å². The van der Waals surface area contributed by atoms with E-state index in [1.54, 1.807) is 0 Å². The quantitative estimate of drug-likeness (QED) is 0.692. The molecule has 2 N–H and O–H groups in total. The molecule has 1 fully saturated rings. The Balaban J connectivity index is 1.88. The number of nitrogen functional groups attached to an aromatic ring is 1. The minimum atomic E-state index is 0.584. The first kappa shape index (κ1) is 7.38. The number of fused-ring (bicyclic) bond motifs is 1. The molecule has 70 valence electrons. The zero-order valence-electron chi connectivity index (χ0n) is 7.49. The molecule has 0 amide bonds. The van der Waals surface area contributed by atoms with Crippen molar-refractivity contribution in [2.45, 2.75) is 31.8 Å². The molecule has 1 aliphatic heterocycles.